The molecule has 1 heterocycles. The van der Waals surface area contributed by atoms with Crippen LogP contribution in [0.25, 0.3) is 22.4 Å². The largest absolute Gasteiger partial charge is 0.330 e. The van der Waals surface area contributed by atoms with Gasteiger partial charge in [0.05, 0.1) is 11.4 Å². The van der Waals surface area contributed by atoms with E-state index in [9.17, 15) is 9.59 Å². The number of rotatable bonds is 8. The SMILES string of the molecule is CC(C)(C)c1ccc(NC(=O)CCN)c(-c2ccc(-c3cc(C(C)(C)C)ccc3NC(=O)CCN)nc2)c1. The fourth-order valence-electron chi connectivity index (χ4n) is 4.09. The molecule has 1 aromatic heterocycles. The van der Waals surface area contributed by atoms with Gasteiger partial charge >= 0.3 is 0 Å². The molecule has 3 rings (SSSR count). The number of anilines is 2. The van der Waals surface area contributed by atoms with Crippen LogP contribution in [0.15, 0.2) is 54.7 Å². The zero-order valence-electron chi connectivity index (χ0n) is 23.4. The zero-order chi connectivity index (χ0) is 28.1. The summed E-state index contributed by atoms with van der Waals surface area (Å²) < 4.78 is 0. The van der Waals surface area contributed by atoms with E-state index in [4.69, 9.17) is 16.5 Å². The molecule has 202 valence electrons. The van der Waals surface area contributed by atoms with Gasteiger partial charge in [0.1, 0.15) is 0 Å². The average Bonchev–Trinajstić information content (AvgIpc) is 2.83. The van der Waals surface area contributed by atoms with Gasteiger partial charge in [-0.1, -0.05) is 59.7 Å². The molecule has 7 heteroatoms. The van der Waals surface area contributed by atoms with Crippen molar-refractivity contribution in [1.82, 2.24) is 4.98 Å². The maximum atomic E-state index is 12.4. The molecule has 3 aromatic rings. The summed E-state index contributed by atoms with van der Waals surface area (Å²) in [5.41, 5.74) is 18.1. The van der Waals surface area contributed by atoms with E-state index in [1.165, 1.54) is 0 Å². The lowest BCUT2D eigenvalue weighted by Gasteiger charge is -2.22. The molecule has 2 aromatic carbocycles. The fourth-order valence-corrected chi connectivity index (χ4v) is 4.09. The van der Waals surface area contributed by atoms with Gasteiger partial charge in [0.2, 0.25) is 11.8 Å². The molecular weight excluding hydrogens is 474 g/mol. The summed E-state index contributed by atoms with van der Waals surface area (Å²) in [4.78, 5) is 29.5. The first kappa shape index (κ1) is 29.0. The van der Waals surface area contributed by atoms with Crippen molar-refractivity contribution in [3.63, 3.8) is 0 Å². The van der Waals surface area contributed by atoms with Crippen molar-refractivity contribution in [2.24, 2.45) is 11.5 Å². The van der Waals surface area contributed by atoms with Crippen molar-refractivity contribution >= 4 is 23.2 Å². The molecule has 0 aliphatic carbocycles. The van der Waals surface area contributed by atoms with Gasteiger partial charge in [-0.15, -0.1) is 0 Å². The molecule has 0 unspecified atom stereocenters. The number of nitrogens with one attached hydrogen (secondary N) is 2. The second-order valence-corrected chi connectivity index (χ2v) is 11.6. The molecule has 0 radical (unpaired) electrons. The minimum atomic E-state index is -0.134. The number of carbonyl (C=O) groups is 2. The van der Waals surface area contributed by atoms with Crippen molar-refractivity contribution in [2.45, 2.75) is 65.2 Å². The summed E-state index contributed by atoms with van der Waals surface area (Å²) in [7, 11) is 0. The molecule has 38 heavy (non-hydrogen) atoms. The highest BCUT2D eigenvalue weighted by atomic mass is 16.2. The van der Waals surface area contributed by atoms with Crippen molar-refractivity contribution < 1.29 is 9.59 Å². The van der Waals surface area contributed by atoms with Crippen molar-refractivity contribution in [3.05, 3.63) is 65.9 Å². The Bertz CT molecular complexity index is 1180. The van der Waals surface area contributed by atoms with Crippen LogP contribution in [0.3, 0.4) is 0 Å². The summed E-state index contributed by atoms with van der Waals surface area (Å²) in [6, 6.07) is 16.1. The maximum Gasteiger partial charge on any atom is 0.225 e. The molecule has 0 aliphatic heterocycles. The van der Waals surface area contributed by atoms with Crippen LogP contribution in [-0.2, 0) is 20.4 Å². The normalized spacial score (nSPS) is 11.8. The Balaban J connectivity index is 2.08. The topological polar surface area (TPSA) is 123 Å². The summed E-state index contributed by atoms with van der Waals surface area (Å²) in [6.45, 7) is 13.5. The quantitative estimate of drug-likeness (QED) is 0.312. The molecule has 0 saturated heterocycles. The Hall–Kier alpha value is -3.55. The van der Waals surface area contributed by atoms with Gasteiger partial charge in [-0.25, -0.2) is 0 Å². The van der Waals surface area contributed by atoms with E-state index in [0.29, 0.717) is 5.69 Å². The molecule has 0 aliphatic rings. The summed E-state index contributed by atoms with van der Waals surface area (Å²) in [5, 5.41) is 5.98. The fraction of sp³-hybridized carbons (Fsp3) is 0.387. The predicted molar refractivity (Wildman–Crippen MR) is 157 cm³/mol. The Morgan fingerprint density at radius 1 is 0.711 bits per heavy atom. The van der Waals surface area contributed by atoms with E-state index >= 15 is 0 Å². The van der Waals surface area contributed by atoms with E-state index in [0.717, 1.165) is 39.2 Å². The van der Waals surface area contributed by atoms with Crippen molar-refractivity contribution in [3.8, 4) is 22.4 Å². The van der Waals surface area contributed by atoms with Gasteiger partial charge in [0, 0.05) is 54.5 Å². The Morgan fingerprint density at radius 3 is 1.61 bits per heavy atom. The predicted octanol–water partition coefficient (Wildman–Crippen LogP) is 5.59. The third-order valence-electron chi connectivity index (χ3n) is 6.41. The molecule has 6 N–H and O–H groups in total. The van der Waals surface area contributed by atoms with Gasteiger partial charge in [0.15, 0.2) is 0 Å². The highest BCUT2D eigenvalue weighted by molar-refractivity contribution is 5.97. The number of hydrogen-bond acceptors (Lipinski definition) is 5. The number of hydrogen-bond donors (Lipinski definition) is 4. The Kier molecular flexibility index (Phi) is 9.07. The van der Waals surface area contributed by atoms with Gasteiger partial charge in [-0.2, -0.15) is 0 Å². The monoisotopic (exact) mass is 515 g/mol. The van der Waals surface area contributed by atoms with Crippen LogP contribution >= 0.6 is 0 Å². The first-order valence-corrected chi connectivity index (χ1v) is 13.1. The van der Waals surface area contributed by atoms with Crippen LogP contribution < -0.4 is 22.1 Å². The van der Waals surface area contributed by atoms with Crippen molar-refractivity contribution in [2.75, 3.05) is 23.7 Å². The highest BCUT2D eigenvalue weighted by Crippen LogP contribution is 2.36. The van der Waals surface area contributed by atoms with Crippen LogP contribution in [-0.4, -0.2) is 29.9 Å². The van der Waals surface area contributed by atoms with E-state index in [-0.39, 0.29) is 48.6 Å². The summed E-state index contributed by atoms with van der Waals surface area (Å²) in [6.07, 6.45) is 2.31. The molecule has 0 bridgehead atoms. The van der Waals surface area contributed by atoms with Crippen LogP contribution in [0, 0.1) is 0 Å². The molecule has 0 spiro atoms. The summed E-state index contributed by atoms with van der Waals surface area (Å²) in [5.74, 6) is -0.260. The first-order valence-electron chi connectivity index (χ1n) is 13.1. The number of benzene rings is 2. The molecule has 7 nitrogen and oxygen atoms in total. The maximum absolute atomic E-state index is 12.4. The van der Waals surface area contributed by atoms with Crippen LogP contribution in [0.5, 0.6) is 0 Å². The first-order chi connectivity index (χ1) is 17.8. The van der Waals surface area contributed by atoms with Crippen molar-refractivity contribution in [1.29, 1.82) is 0 Å². The second kappa shape index (κ2) is 11.9. The lowest BCUT2D eigenvalue weighted by Crippen LogP contribution is -2.18. The van der Waals surface area contributed by atoms with Gasteiger partial charge in [-0.05, 0) is 52.3 Å². The van der Waals surface area contributed by atoms with Gasteiger partial charge in [-0.3, -0.25) is 14.6 Å². The van der Waals surface area contributed by atoms with E-state index in [2.05, 4.69) is 64.3 Å². The van der Waals surface area contributed by atoms with Crippen LogP contribution in [0.1, 0.15) is 65.5 Å². The minimum Gasteiger partial charge on any atom is -0.330 e. The number of amides is 2. The Labute approximate surface area is 226 Å². The standard InChI is InChI=1S/C31H41N5O2/c1-30(2,3)21-8-11-26(35-28(37)13-15-32)23(17-21)20-7-10-25(34-19-20)24-18-22(31(4,5)6)9-12-27(24)36-29(38)14-16-33/h7-12,17-19H,13-16,32-33H2,1-6H3,(H,35,37)(H,36,38). The average molecular weight is 516 g/mol. The van der Waals surface area contributed by atoms with E-state index < -0.39 is 0 Å². The number of pyridine rings is 1. The minimum absolute atomic E-state index is 0.0635. The van der Waals surface area contributed by atoms with Crippen LogP contribution in [0.4, 0.5) is 11.4 Å². The third kappa shape index (κ3) is 7.27. The summed E-state index contributed by atoms with van der Waals surface area (Å²) >= 11 is 0. The molecular formula is C31H41N5O2. The Morgan fingerprint density at radius 2 is 1.18 bits per heavy atom. The molecule has 0 atom stereocenters. The third-order valence-corrected chi connectivity index (χ3v) is 6.41. The molecule has 2 amide bonds. The second-order valence-electron chi connectivity index (χ2n) is 11.6. The lowest BCUT2D eigenvalue weighted by molar-refractivity contribution is -0.116. The van der Waals surface area contributed by atoms with Gasteiger partial charge in [0.25, 0.3) is 0 Å². The number of aromatic nitrogens is 1. The van der Waals surface area contributed by atoms with Crippen LogP contribution in [0.2, 0.25) is 0 Å². The van der Waals surface area contributed by atoms with E-state index in [1.54, 1.807) is 0 Å². The lowest BCUT2D eigenvalue weighted by atomic mass is 9.84. The molecule has 0 saturated carbocycles. The highest BCUT2D eigenvalue weighted by Gasteiger charge is 2.20. The smallest absolute Gasteiger partial charge is 0.225 e. The molecule has 0 fully saturated rings. The van der Waals surface area contributed by atoms with E-state index in [1.807, 2.05) is 42.6 Å². The van der Waals surface area contributed by atoms with Gasteiger partial charge < -0.3 is 22.1 Å². The number of nitrogens with zero attached hydrogens (tertiary/aromatic N) is 1. The zero-order valence-corrected chi connectivity index (χ0v) is 23.4. The number of nitrogens with two attached hydrogens (primary N) is 2. The number of carbonyl (C=O) groups excluding carboxylic acids is 2.